The summed E-state index contributed by atoms with van der Waals surface area (Å²) in [6.07, 6.45) is 4.09. The van der Waals surface area contributed by atoms with Crippen molar-refractivity contribution in [2.45, 2.75) is 12.8 Å². The van der Waals surface area contributed by atoms with Gasteiger partial charge in [-0.15, -0.1) is 0 Å². The number of rotatable bonds is 3. The van der Waals surface area contributed by atoms with Crippen molar-refractivity contribution in [2.24, 2.45) is 5.92 Å². The lowest BCUT2D eigenvalue weighted by Crippen LogP contribution is -2.41. The lowest BCUT2D eigenvalue weighted by Gasteiger charge is -2.31. The molecule has 1 aromatic heterocycles. The maximum Gasteiger partial charge on any atom is 0.257 e. The second-order valence-electron chi connectivity index (χ2n) is 5.87. The van der Waals surface area contributed by atoms with Crippen molar-refractivity contribution in [3.63, 3.8) is 0 Å². The molecule has 2 aromatic rings. The van der Waals surface area contributed by atoms with E-state index in [9.17, 15) is 9.59 Å². The number of nitrogens with one attached hydrogen (secondary N) is 1. The predicted octanol–water partition coefficient (Wildman–Crippen LogP) is 3.30. The molecule has 25 heavy (non-hydrogen) atoms. The summed E-state index contributed by atoms with van der Waals surface area (Å²) in [7, 11) is 0. The van der Waals surface area contributed by atoms with Crippen LogP contribution in [0.4, 0.5) is 5.69 Å². The number of benzene rings is 1. The zero-order valence-electron chi connectivity index (χ0n) is 13.4. The summed E-state index contributed by atoms with van der Waals surface area (Å²) >= 11 is 5.98. The van der Waals surface area contributed by atoms with Gasteiger partial charge >= 0.3 is 0 Å². The Bertz CT molecular complexity index is 819. The van der Waals surface area contributed by atoms with Gasteiger partial charge in [-0.25, -0.2) is 0 Å². The Morgan fingerprint density at radius 2 is 2.04 bits per heavy atom. The van der Waals surface area contributed by atoms with Crippen LogP contribution in [0.2, 0.25) is 5.02 Å². The van der Waals surface area contributed by atoms with E-state index in [-0.39, 0.29) is 17.7 Å². The standard InChI is InChI=1S/C18H16ClN3O3/c19-16-9-15(2-1-13(16)10-20)21-17(23)12-3-6-22(7-4-12)18(24)14-5-8-25-11-14/h1-2,5,8-9,11-12H,3-4,6-7H2,(H,21,23). The molecule has 0 bridgehead atoms. The van der Waals surface area contributed by atoms with E-state index in [1.165, 1.54) is 12.5 Å². The molecule has 0 aliphatic carbocycles. The molecule has 1 saturated heterocycles. The quantitative estimate of drug-likeness (QED) is 0.913. The Hall–Kier alpha value is -2.78. The van der Waals surface area contributed by atoms with Gasteiger partial charge in [0.25, 0.3) is 5.91 Å². The fourth-order valence-corrected chi connectivity index (χ4v) is 3.06. The number of hydrogen-bond acceptors (Lipinski definition) is 4. The van der Waals surface area contributed by atoms with E-state index in [0.717, 1.165) is 0 Å². The van der Waals surface area contributed by atoms with Crippen LogP contribution in [0.15, 0.2) is 41.2 Å². The SMILES string of the molecule is N#Cc1ccc(NC(=O)C2CCN(C(=O)c3ccoc3)CC2)cc1Cl. The van der Waals surface area contributed by atoms with Crippen molar-refractivity contribution in [2.75, 3.05) is 18.4 Å². The first-order valence-corrected chi connectivity index (χ1v) is 8.28. The Balaban J connectivity index is 1.56. The molecule has 1 N–H and O–H groups in total. The number of halogens is 1. The molecule has 0 unspecified atom stereocenters. The average Bonchev–Trinajstić information content (AvgIpc) is 3.16. The maximum atomic E-state index is 12.4. The second kappa shape index (κ2) is 7.41. The van der Waals surface area contributed by atoms with Crippen LogP contribution in [0, 0.1) is 17.2 Å². The largest absolute Gasteiger partial charge is 0.472 e. The summed E-state index contributed by atoms with van der Waals surface area (Å²) in [5.74, 6) is -0.342. The summed E-state index contributed by atoms with van der Waals surface area (Å²) in [5.41, 5.74) is 1.45. The Kier molecular flexibility index (Phi) is 5.05. The van der Waals surface area contributed by atoms with Crippen molar-refractivity contribution >= 4 is 29.1 Å². The van der Waals surface area contributed by atoms with Crippen molar-refractivity contribution < 1.29 is 14.0 Å². The second-order valence-corrected chi connectivity index (χ2v) is 6.28. The van der Waals surface area contributed by atoms with E-state index in [0.29, 0.717) is 47.8 Å². The minimum Gasteiger partial charge on any atom is -0.472 e. The van der Waals surface area contributed by atoms with Crippen molar-refractivity contribution in [3.05, 3.63) is 52.9 Å². The third-order valence-corrected chi connectivity index (χ3v) is 4.59. The van der Waals surface area contributed by atoms with Crippen LogP contribution >= 0.6 is 11.6 Å². The Labute approximate surface area is 150 Å². The Morgan fingerprint density at radius 3 is 2.64 bits per heavy atom. The van der Waals surface area contributed by atoms with E-state index in [1.807, 2.05) is 6.07 Å². The lowest BCUT2D eigenvalue weighted by molar-refractivity contribution is -0.121. The zero-order chi connectivity index (χ0) is 17.8. The number of hydrogen-bond donors (Lipinski definition) is 1. The number of carbonyl (C=O) groups is 2. The maximum absolute atomic E-state index is 12.4. The number of likely N-dealkylation sites (tertiary alicyclic amines) is 1. The summed E-state index contributed by atoms with van der Waals surface area (Å²) in [6.45, 7) is 1.05. The van der Waals surface area contributed by atoms with E-state index < -0.39 is 0 Å². The number of anilines is 1. The minimum atomic E-state index is -0.164. The molecule has 0 atom stereocenters. The highest BCUT2D eigenvalue weighted by Crippen LogP contribution is 2.24. The molecule has 3 rings (SSSR count). The van der Waals surface area contributed by atoms with Crippen molar-refractivity contribution in [3.8, 4) is 6.07 Å². The third kappa shape index (κ3) is 3.83. The lowest BCUT2D eigenvalue weighted by atomic mass is 9.95. The van der Waals surface area contributed by atoms with Crippen LogP contribution in [0.25, 0.3) is 0 Å². The van der Waals surface area contributed by atoms with E-state index >= 15 is 0 Å². The molecule has 0 radical (unpaired) electrons. The van der Waals surface area contributed by atoms with E-state index in [2.05, 4.69) is 5.32 Å². The fourth-order valence-electron chi connectivity index (χ4n) is 2.84. The first kappa shape index (κ1) is 17.1. The molecule has 1 aromatic carbocycles. The van der Waals surface area contributed by atoms with E-state index in [1.54, 1.807) is 29.2 Å². The van der Waals surface area contributed by atoms with E-state index in [4.69, 9.17) is 21.3 Å². The number of furan rings is 1. The highest BCUT2D eigenvalue weighted by molar-refractivity contribution is 6.32. The molecule has 2 amide bonds. The molecule has 0 saturated carbocycles. The van der Waals surface area contributed by atoms with Crippen LogP contribution in [0.5, 0.6) is 0 Å². The smallest absolute Gasteiger partial charge is 0.257 e. The monoisotopic (exact) mass is 357 g/mol. The van der Waals surface area contributed by atoms with Gasteiger partial charge in [0.05, 0.1) is 22.4 Å². The van der Waals surface area contributed by atoms with Crippen LogP contribution in [0.1, 0.15) is 28.8 Å². The molecule has 7 heteroatoms. The zero-order valence-corrected chi connectivity index (χ0v) is 14.1. The molecule has 128 valence electrons. The molecule has 1 aliphatic heterocycles. The van der Waals surface area contributed by atoms with Crippen molar-refractivity contribution in [1.29, 1.82) is 5.26 Å². The van der Waals surface area contributed by atoms with Gasteiger partial charge in [-0.05, 0) is 37.1 Å². The first-order chi connectivity index (χ1) is 12.1. The number of piperidine rings is 1. The van der Waals surface area contributed by atoms with Gasteiger partial charge in [0, 0.05) is 24.7 Å². The van der Waals surface area contributed by atoms with Gasteiger partial charge in [-0.3, -0.25) is 9.59 Å². The molecule has 0 spiro atoms. The van der Waals surface area contributed by atoms with Gasteiger partial charge in [-0.2, -0.15) is 5.26 Å². The highest BCUT2D eigenvalue weighted by Gasteiger charge is 2.28. The number of carbonyl (C=O) groups excluding carboxylic acids is 2. The number of amides is 2. The highest BCUT2D eigenvalue weighted by atomic mass is 35.5. The first-order valence-electron chi connectivity index (χ1n) is 7.90. The molecule has 1 fully saturated rings. The minimum absolute atomic E-state index is 0.0773. The number of nitriles is 1. The van der Waals surface area contributed by atoms with Gasteiger partial charge in [0.1, 0.15) is 12.3 Å². The normalized spacial score (nSPS) is 14.8. The Morgan fingerprint density at radius 1 is 1.28 bits per heavy atom. The molecular weight excluding hydrogens is 342 g/mol. The van der Waals surface area contributed by atoms with Crippen LogP contribution in [0.3, 0.4) is 0 Å². The molecule has 2 heterocycles. The van der Waals surface area contributed by atoms with Gasteiger partial charge < -0.3 is 14.6 Å². The third-order valence-electron chi connectivity index (χ3n) is 4.28. The molecule has 6 nitrogen and oxygen atoms in total. The topological polar surface area (TPSA) is 86.3 Å². The summed E-state index contributed by atoms with van der Waals surface area (Å²) in [5, 5.41) is 12.0. The predicted molar refractivity (Wildman–Crippen MR) is 92.1 cm³/mol. The average molecular weight is 358 g/mol. The van der Waals surface area contributed by atoms with Crippen LogP contribution in [-0.4, -0.2) is 29.8 Å². The summed E-state index contributed by atoms with van der Waals surface area (Å²) < 4.78 is 4.94. The van der Waals surface area contributed by atoms with Gasteiger partial charge in [0.15, 0.2) is 0 Å². The number of nitrogens with zero attached hydrogens (tertiary/aromatic N) is 2. The molecule has 1 aliphatic rings. The van der Waals surface area contributed by atoms with Crippen LogP contribution in [-0.2, 0) is 4.79 Å². The molecular formula is C18H16ClN3O3. The van der Waals surface area contributed by atoms with Crippen molar-refractivity contribution in [1.82, 2.24) is 4.90 Å². The fraction of sp³-hybridized carbons (Fsp3) is 0.278. The summed E-state index contributed by atoms with van der Waals surface area (Å²) in [4.78, 5) is 26.4. The van der Waals surface area contributed by atoms with Gasteiger partial charge in [-0.1, -0.05) is 11.6 Å². The summed E-state index contributed by atoms with van der Waals surface area (Å²) in [6, 6.07) is 8.40. The van der Waals surface area contributed by atoms with Gasteiger partial charge in [0.2, 0.25) is 5.91 Å². The van der Waals surface area contributed by atoms with Crippen LogP contribution < -0.4 is 5.32 Å².